The van der Waals surface area contributed by atoms with Crippen LogP contribution >= 0.6 is 0 Å². The lowest BCUT2D eigenvalue weighted by molar-refractivity contribution is 0.0954. The fraction of sp³-hybridized carbons (Fsp3) is 0.222. The SMILES string of the molecule is COc1ccc(NC(=O)NCCNC(=O)c2ccc(OC)cc2)cc1. The maximum Gasteiger partial charge on any atom is 0.319 e. The molecule has 0 bridgehead atoms. The number of methoxy groups -OCH3 is 2. The Morgan fingerprint density at radius 1 is 0.800 bits per heavy atom. The van der Waals surface area contributed by atoms with Gasteiger partial charge in [0.05, 0.1) is 14.2 Å². The molecule has 2 aromatic carbocycles. The van der Waals surface area contributed by atoms with E-state index in [2.05, 4.69) is 16.0 Å². The van der Waals surface area contributed by atoms with Crippen LogP contribution < -0.4 is 25.4 Å². The monoisotopic (exact) mass is 343 g/mol. The van der Waals surface area contributed by atoms with Crippen molar-refractivity contribution in [2.75, 3.05) is 32.6 Å². The Balaban J connectivity index is 1.68. The number of hydrogen-bond donors (Lipinski definition) is 3. The number of anilines is 1. The Labute approximate surface area is 146 Å². The summed E-state index contributed by atoms with van der Waals surface area (Å²) in [6.45, 7) is 0.630. The van der Waals surface area contributed by atoms with E-state index in [9.17, 15) is 9.59 Å². The van der Waals surface area contributed by atoms with Crippen molar-refractivity contribution in [3.8, 4) is 11.5 Å². The summed E-state index contributed by atoms with van der Waals surface area (Å²) >= 11 is 0. The smallest absolute Gasteiger partial charge is 0.319 e. The molecule has 0 saturated heterocycles. The standard InChI is InChI=1S/C18H21N3O4/c1-24-15-7-3-13(4-8-15)17(22)19-11-12-20-18(23)21-14-5-9-16(25-2)10-6-14/h3-10H,11-12H2,1-2H3,(H,19,22)(H2,20,21,23). The highest BCUT2D eigenvalue weighted by Crippen LogP contribution is 2.14. The molecule has 2 rings (SSSR count). The van der Waals surface area contributed by atoms with Crippen LogP contribution in [0.1, 0.15) is 10.4 Å². The Hall–Kier alpha value is -3.22. The van der Waals surface area contributed by atoms with Crippen molar-refractivity contribution in [2.24, 2.45) is 0 Å². The second-order valence-corrected chi connectivity index (χ2v) is 5.09. The molecule has 0 aliphatic heterocycles. The van der Waals surface area contributed by atoms with Gasteiger partial charge in [0.2, 0.25) is 0 Å². The molecule has 25 heavy (non-hydrogen) atoms. The number of hydrogen-bond acceptors (Lipinski definition) is 4. The molecule has 132 valence electrons. The lowest BCUT2D eigenvalue weighted by Gasteiger charge is -2.09. The van der Waals surface area contributed by atoms with E-state index in [4.69, 9.17) is 9.47 Å². The van der Waals surface area contributed by atoms with E-state index < -0.39 is 0 Å². The van der Waals surface area contributed by atoms with Crippen molar-refractivity contribution >= 4 is 17.6 Å². The van der Waals surface area contributed by atoms with Crippen molar-refractivity contribution in [2.45, 2.75) is 0 Å². The molecule has 0 saturated carbocycles. The fourth-order valence-corrected chi connectivity index (χ4v) is 2.05. The van der Waals surface area contributed by atoms with Gasteiger partial charge in [-0.15, -0.1) is 0 Å². The number of rotatable bonds is 7. The van der Waals surface area contributed by atoms with Crippen LogP contribution in [0.25, 0.3) is 0 Å². The molecule has 0 fully saturated rings. The summed E-state index contributed by atoms with van der Waals surface area (Å²) in [4.78, 5) is 23.7. The highest BCUT2D eigenvalue weighted by molar-refractivity contribution is 5.94. The van der Waals surface area contributed by atoms with Crippen molar-refractivity contribution in [1.29, 1.82) is 0 Å². The molecule has 3 N–H and O–H groups in total. The van der Waals surface area contributed by atoms with Gasteiger partial charge in [-0.3, -0.25) is 4.79 Å². The summed E-state index contributed by atoms with van der Waals surface area (Å²) in [6.07, 6.45) is 0. The highest BCUT2D eigenvalue weighted by atomic mass is 16.5. The van der Waals surface area contributed by atoms with Crippen LogP contribution in [-0.2, 0) is 0 Å². The Morgan fingerprint density at radius 2 is 1.32 bits per heavy atom. The third-order valence-electron chi connectivity index (χ3n) is 3.40. The summed E-state index contributed by atoms with van der Waals surface area (Å²) in [5.74, 6) is 1.20. The zero-order valence-corrected chi connectivity index (χ0v) is 14.2. The second-order valence-electron chi connectivity index (χ2n) is 5.09. The molecule has 0 aromatic heterocycles. The molecule has 7 heteroatoms. The van der Waals surface area contributed by atoms with Gasteiger partial charge in [-0.2, -0.15) is 0 Å². The van der Waals surface area contributed by atoms with Gasteiger partial charge < -0.3 is 25.4 Å². The summed E-state index contributed by atoms with van der Waals surface area (Å²) in [7, 11) is 3.15. The third kappa shape index (κ3) is 5.72. The molecule has 0 spiro atoms. The number of amides is 3. The predicted molar refractivity (Wildman–Crippen MR) is 95.3 cm³/mol. The van der Waals surface area contributed by atoms with Crippen molar-refractivity contribution < 1.29 is 19.1 Å². The highest BCUT2D eigenvalue weighted by Gasteiger charge is 2.06. The second kappa shape index (κ2) is 9.17. The molecule has 3 amide bonds. The molecule has 0 heterocycles. The largest absolute Gasteiger partial charge is 0.497 e. The summed E-state index contributed by atoms with van der Waals surface area (Å²) in [5.41, 5.74) is 1.18. The van der Waals surface area contributed by atoms with E-state index in [1.54, 1.807) is 62.8 Å². The Kier molecular flexibility index (Phi) is 6.65. The number of ether oxygens (including phenoxy) is 2. The van der Waals surface area contributed by atoms with Gasteiger partial charge in [-0.1, -0.05) is 0 Å². The minimum absolute atomic E-state index is 0.208. The van der Waals surface area contributed by atoms with Crippen LogP contribution in [0.15, 0.2) is 48.5 Å². The van der Waals surface area contributed by atoms with Crippen molar-refractivity contribution in [3.05, 3.63) is 54.1 Å². The van der Waals surface area contributed by atoms with Gasteiger partial charge in [-0.05, 0) is 48.5 Å². The topological polar surface area (TPSA) is 88.7 Å². The Bertz CT molecular complexity index is 699. The van der Waals surface area contributed by atoms with Crippen LogP contribution in [0.4, 0.5) is 10.5 Å². The molecule has 0 aliphatic rings. The van der Waals surface area contributed by atoms with Gasteiger partial charge in [0.1, 0.15) is 11.5 Å². The quantitative estimate of drug-likeness (QED) is 0.673. The van der Waals surface area contributed by atoms with E-state index >= 15 is 0 Å². The van der Waals surface area contributed by atoms with Crippen LogP contribution in [0.2, 0.25) is 0 Å². The normalized spacial score (nSPS) is 9.84. The van der Waals surface area contributed by atoms with Crippen LogP contribution in [0.5, 0.6) is 11.5 Å². The first-order valence-corrected chi connectivity index (χ1v) is 7.73. The molecule has 0 unspecified atom stereocenters. The first-order chi connectivity index (χ1) is 12.1. The molecule has 0 atom stereocenters. The van der Waals surface area contributed by atoms with Crippen LogP contribution in [0, 0.1) is 0 Å². The number of benzene rings is 2. The Morgan fingerprint density at radius 3 is 1.88 bits per heavy atom. The van der Waals surface area contributed by atoms with Gasteiger partial charge in [0.15, 0.2) is 0 Å². The van der Waals surface area contributed by atoms with E-state index in [0.29, 0.717) is 35.8 Å². The zero-order valence-electron chi connectivity index (χ0n) is 14.2. The molecule has 0 radical (unpaired) electrons. The first-order valence-electron chi connectivity index (χ1n) is 7.73. The van der Waals surface area contributed by atoms with Crippen molar-refractivity contribution in [3.63, 3.8) is 0 Å². The lowest BCUT2D eigenvalue weighted by Crippen LogP contribution is -2.36. The minimum Gasteiger partial charge on any atom is -0.497 e. The molecule has 2 aromatic rings. The average molecular weight is 343 g/mol. The number of urea groups is 1. The van der Waals surface area contributed by atoms with Gasteiger partial charge in [0, 0.05) is 24.3 Å². The fourth-order valence-electron chi connectivity index (χ4n) is 2.05. The lowest BCUT2D eigenvalue weighted by atomic mass is 10.2. The van der Waals surface area contributed by atoms with E-state index in [-0.39, 0.29) is 11.9 Å². The molecular weight excluding hydrogens is 322 g/mol. The number of nitrogens with one attached hydrogen (secondary N) is 3. The summed E-state index contributed by atoms with van der Waals surface area (Å²) in [6, 6.07) is 13.4. The number of carbonyl (C=O) groups is 2. The summed E-state index contributed by atoms with van der Waals surface area (Å²) < 4.78 is 10.1. The minimum atomic E-state index is -0.344. The third-order valence-corrected chi connectivity index (χ3v) is 3.40. The van der Waals surface area contributed by atoms with Gasteiger partial charge in [-0.25, -0.2) is 4.79 Å². The van der Waals surface area contributed by atoms with E-state index in [0.717, 1.165) is 0 Å². The maximum atomic E-state index is 11.9. The molecule has 7 nitrogen and oxygen atoms in total. The number of carbonyl (C=O) groups excluding carboxylic acids is 2. The average Bonchev–Trinajstić information content (AvgIpc) is 2.65. The summed E-state index contributed by atoms with van der Waals surface area (Å²) in [5, 5.41) is 8.09. The van der Waals surface area contributed by atoms with Crippen LogP contribution in [-0.4, -0.2) is 39.2 Å². The molecule has 0 aliphatic carbocycles. The first kappa shape index (κ1) is 18.1. The van der Waals surface area contributed by atoms with Crippen molar-refractivity contribution in [1.82, 2.24) is 10.6 Å². The van der Waals surface area contributed by atoms with Gasteiger partial charge >= 0.3 is 6.03 Å². The van der Waals surface area contributed by atoms with E-state index in [1.165, 1.54) is 0 Å². The van der Waals surface area contributed by atoms with Crippen LogP contribution in [0.3, 0.4) is 0 Å². The zero-order chi connectivity index (χ0) is 18.1. The van der Waals surface area contributed by atoms with Gasteiger partial charge in [0.25, 0.3) is 5.91 Å². The van der Waals surface area contributed by atoms with E-state index in [1.807, 2.05) is 0 Å². The molecular formula is C18H21N3O4. The predicted octanol–water partition coefficient (Wildman–Crippen LogP) is 2.26. The maximum absolute atomic E-state index is 11.9.